The molecule has 0 aromatic carbocycles. The molecule has 0 aliphatic rings. The number of likely N-dealkylation sites (N-methyl/N-ethyl adjacent to an activating group) is 2. The Morgan fingerprint density at radius 1 is 1.08 bits per heavy atom. The number of aliphatic hydroxyl groups excluding tert-OH is 2. The van der Waals surface area contributed by atoms with Crippen molar-refractivity contribution in [2.45, 2.75) is 13.0 Å². The molecule has 13 heavy (non-hydrogen) atoms. The van der Waals surface area contributed by atoms with Gasteiger partial charge in [0, 0.05) is 13.1 Å². The molecule has 1 unspecified atom stereocenters. The highest BCUT2D eigenvalue weighted by Gasteiger charge is 1.93. The zero-order chi connectivity index (χ0) is 10.9. The van der Waals surface area contributed by atoms with Crippen molar-refractivity contribution in [3.05, 3.63) is 0 Å². The Morgan fingerprint density at radius 2 is 1.54 bits per heavy atom. The highest BCUT2D eigenvalue weighted by atomic mass is 16.3. The molecule has 0 fully saturated rings. The van der Waals surface area contributed by atoms with Gasteiger partial charge in [0.25, 0.3) is 0 Å². The van der Waals surface area contributed by atoms with Gasteiger partial charge in [-0.1, -0.05) is 0 Å². The molecule has 0 radical (unpaired) electrons. The van der Waals surface area contributed by atoms with Crippen LogP contribution in [0.25, 0.3) is 0 Å². The van der Waals surface area contributed by atoms with E-state index in [4.69, 9.17) is 10.2 Å². The standard InChI is InChI=1S/C5H13NO.C4H11NO/c1-5(7)4-6(2)3;1-5(2)3-4-6/h5,7H,4H2,1-3H3;6H,3-4H2,1-2H3. The van der Waals surface area contributed by atoms with Crippen LogP contribution in [0.15, 0.2) is 0 Å². The van der Waals surface area contributed by atoms with E-state index in [-0.39, 0.29) is 12.7 Å². The Kier molecular flexibility index (Phi) is 11.7. The maximum absolute atomic E-state index is 8.68. The average molecular weight is 192 g/mol. The smallest absolute Gasteiger partial charge is 0.0638 e. The SMILES string of the molecule is CC(O)CN(C)C.CN(C)CCO. The number of hydrogen-bond donors (Lipinski definition) is 2. The summed E-state index contributed by atoms with van der Waals surface area (Å²) in [7, 11) is 7.73. The van der Waals surface area contributed by atoms with E-state index < -0.39 is 0 Å². The molecule has 0 aromatic rings. The zero-order valence-electron chi connectivity index (χ0n) is 9.49. The van der Waals surface area contributed by atoms with Crippen molar-refractivity contribution in [2.24, 2.45) is 0 Å². The van der Waals surface area contributed by atoms with E-state index in [1.165, 1.54) is 0 Å². The lowest BCUT2D eigenvalue weighted by atomic mass is 10.4. The van der Waals surface area contributed by atoms with Crippen LogP contribution in [0.4, 0.5) is 0 Å². The molecule has 0 spiro atoms. The molecule has 2 N–H and O–H groups in total. The molecule has 0 heterocycles. The number of hydrogen-bond acceptors (Lipinski definition) is 4. The first kappa shape index (κ1) is 15.3. The predicted molar refractivity (Wildman–Crippen MR) is 55.9 cm³/mol. The van der Waals surface area contributed by atoms with Crippen molar-refractivity contribution < 1.29 is 10.2 Å². The van der Waals surface area contributed by atoms with Gasteiger partial charge in [0.1, 0.15) is 0 Å². The summed E-state index contributed by atoms with van der Waals surface area (Å²) in [4.78, 5) is 3.88. The Bertz CT molecular complexity index is 89.6. The van der Waals surface area contributed by atoms with Gasteiger partial charge in [-0.05, 0) is 35.1 Å². The van der Waals surface area contributed by atoms with Crippen LogP contribution < -0.4 is 0 Å². The van der Waals surface area contributed by atoms with Crippen LogP contribution >= 0.6 is 0 Å². The van der Waals surface area contributed by atoms with Gasteiger partial charge in [-0.15, -0.1) is 0 Å². The Morgan fingerprint density at radius 3 is 1.54 bits per heavy atom. The molecule has 4 nitrogen and oxygen atoms in total. The second-order valence-corrected chi connectivity index (χ2v) is 3.64. The van der Waals surface area contributed by atoms with Crippen LogP contribution in [0.3, 0.4) is 0 Å². The topological polar surface area (TPSA) is 46.9 Å². The van der Waals surface area contributed by atoms with Crippen molar-refractivity contribution >= 4 is 0 Å². The van der Waals surface area contributed by atoms with Crippen LogP contribution in [-0.4, -0.2) is 74.0 Å². The van der Waals surface area contributed by atoms with Crippen LogP contribution in [0.5, 0.6) is 0 Å². The average Bonchev–Trinajstić information content (AvgIpc) is 1.83. The summed E-state index contributed by atoms with van der Waals surface area (Å²) in [6, 6.07) is 0. The summed E-state index contributed by atoms with van der Waals surface area (Å²) in [5.74, 6) is 0. The second-order valence-electron chi connectivity index (χ2n) is 3.64. The Hall–Kier alpha value is -0.160. The third kappa shape index (κ3) is 24.5. The lowest BCUT2D eigenvalue weighted by molar-refractivity contribution is 0.154. The maximum Gasteiger partial charge on any atom is 0.0638 e. The van der Waals surface area contributed by atoms with Crippen LogP contribution in [0.2, 0.25) is 0 Å². The molecule has 0 saturated carbocycles. The fraction of sp³-hybridized carbons (Fsp3) is 1.00. The van der Waals surface area contributed by atoms with Gasteiger partial charge in [-0.2, -0.15) is 0 Å². The van der Waals surface area contributed by atoms with Crippen LogP contribution in [0, 0.1) is 0 Å². The normalized spacial score (nSPS) is 12.7. The molecule has 82 valence electrons. The maximum atomic E-state index is 8.68. The minimum Gasteiger partial charge on any atom is -0.395 e. The van der Waals surface area contributed by atoms with E-state index in [9.17, 15) is 0 Å². The van der Waals surface area contributed by atoms with Crippen molar-refractivity contribution in [1.82, 2.24) is 9.80 Å². The molecule has 0 aromatic heterocycles. The summed E-state index contributed by atoms with van der Waals surface area (Å²) in [6.07, 6.45) is -0.199. The molecular weight excluding hydrogens is 168 g/mol. The molecule has 0 rings (SSSR count). The molecule has 0 aliphatic carbocycles. The summed E-state index contributed by atoms with van der Waals surface area (Å²) in [5.41, 5.74) is 0. The van der Waals surface area contributed by atoms with Crippen molar-refractivity contribution in [1.29, 1.82) is 0 Å². The summed E-state index contributed by atoms with van der Waals surface area (Å²) < 4.78 is 0. The monoisotopic (exact) mass is 192 g/mol. The first-order chi connectivity index (χ1) is 5.90. The molecule has 0 saturated heterocycles. The third-order valence-electron chi connectivity index (χ3n) is 1.18. The van der Waals surface area contributed by atoms with E-state index in [2.05, 4.69) is 0 Å². The minimum absolute atomic E-state index is 0.199. The second kappa shape index (κ2) is 9.92. The first-order valence-corrected chi connectivity index (χ1v) is 4.48. The van der Waals surface area contributed by atoms with Crippen molar-refractivity contribution in [3.63, 3.8) is 0 Å². The van der Waals surface area contributed by atoms with Gasteiger partial charge in [0.05, 0.1) is 12.7 Å². The van der Waals surface area contributed by atoms with Gasteiger partial charge >= 0.3 is 0 Å². The Balaban J connectivity index is 0. The highest BCUT2D eigenvalue weighted by molar-refractivity contribution is 4.48. The highest BCUT2D eigenvalue weighted by Crippen LogP contribution is 1.80. The fourth-order valence-electron chi connectivity index (χ4n) is 0.728. The van der Waals surface area contributed by atoms with E-state index >= 15 is 0 Å². The fourth-order valence-corrected chi connectivity index (χ4v) is 0.728. The van der Waals surface area contributed by atoms with E-state index in [1.54, 1.807) is 6.92 Å². The summed E-state index contributed by atoms with van der Waals surface area (Å²) >= 11 is 0. The predicted octanol–water partition coefficient (Wildman–Crippen LogP) is -0.531. The van der Waals surface area contributed by atoms with Crippen molar-refractivity contribution in [2.75, 3.05) is 47.9 Å². The molecular formula is C9H24N2O2. The Labute approximate surface area is 81.8 Å². The van der Waals surface area contributed by atoms with Gasteiger partial charge in [0.2, 0.25) is 0 Å². The van der Waals surface area contributed by atoms with Crippen LogP contribution in [0.1, 0.15) is 6.92 Å². The number of aliphatic hydroxyl groups is 2. The van der Waals surface area contributed by atoms with E-state index in [0.717, 1.165) is 13.1 Å². The van der Waals surface area contributed by atoms with E-state index in [0.29, 0.717) is 0 Å². The molecule has 0 bridgehead atoms. The molecule has 0 amide bonds. The van der Waals surface area contributed by atoms with Gasteiger partial charge < -0.3 is 20.0 Å². The molecule has 4 heteroatoms. The lowest BCUT2D eigenvalue weighted by Crippen LogP contribution is -2.22. The lowest BCUT2D eigenvalue weighted by Gasteiger charge is -2.10. The quantitative estimate of drug-likeness (QED) is 0.628. The minimum atomic E-state index is -0.199. The number of nitrogens with zero attached hydrogens (tertiary/aromatic N) is 2. The van der Waals surface area contributed by atoms with Gasteiger partial charge in [0.15, 0.2) is 0 Å². The molecule has 0 aliphatic heterocycles. The van der Waals surface area contributed by atoms with Gasteiger partial charge in [-0.3, -0.25) is 0 Å². The van der Waals surface area contributed by atoms with Crippen molar-refractivity contribution in [3.8, 4) is 0 Å². The number of rotatable bonds is 4. The van der Waals surface area contributed by atoms with Crippen LogP contribution in [-0.2, 0) is 0 Å². The summed E-state index contributed by atoms with van der Waals surface area (Å²) in [5, 5.41) is 16.9. The first-order valence-electron chi connectivity index (χ1n) is 4.48. The van der Waals surface area contributed by atoms with Gasteiger partial charge in [-0.25, -0.2) is 0 Å². The molecule has 1 atom stereocenters. The third-order valence-corrected chi connectivity index (χ3v) is 1.18. The van der Waals surface area contributed by atoms with E-state index in [1.807, 2.05) is 38.0 Å². The largest absolute Gasteiger partial charge is 0.395 e. The zero-order valence-corrected chi connectivity index (χ0v) is 9.49. The summed E-state index contributed by atoms with van der Waals surface area (Å²) in [6.45, 7) is 3.55.